The quantitative estimate of drug-likeness (QED) is 0.868. The minimum Gasteiger partial charge on any atom is -0.378 e. The maximum atomic E-state index is 12.4. The average molecular weight is 353 g/mol. The van der Waals surface area contributed by atoms with E-state index in [1.807, 2.05) is 37.4 Å². The molecule has 0 spiro atoms. The van der Waals surface area contributed by atoms with E-state index >= 15 is 0 Å². The Kier molecular flexibility index (Phi) is 6.50. The molecule has 138 valence electrons. The van der Waals surface area contributed by atoms with Gasteiger partial charge in [-0.2, -0.15) is 0 Å². The van der Waals surface area contributed by atoms with Gasteiger partial charge in [-0.3, -0.25) is 0 Å². The molecule has 3 rings (SSSR count). The van der Waals surface area contributed by atoms with Gasteiger partial charge in [0.15, 0.2) is 0 Å². The van der Waals surface area contributed by atoms with Crippen molar-refractivity contribution in [2.75, 3.05) is 44.8 Å². The highest BCUT2D eigenvalue weighted by Crippen LogP contribution is 2.22. The molecule has 1 aliphatic heterocycles. The molecule has 5 heteroatoms. The van der Waals surface area contributed by atoms with Crippen molar-refractivity contribution in [3.8, 4) is 0 Å². The van der Waals surface area contributed by atoms with Crippen LogP contribution < -0.4 is 10.2 Å². The second kappa shape index (κ2) is 9.25. The van der Waals surface area contributed by atoms with E-state index in [1.165, 1.54) is 11.3 Å². The van der Waals surface area contributed by atoms with Crippen LogP contribution in [0.25, 0.3) is 0 Å². The number of ether oxygens (including phenoxy) is 1. The van der Waals surface area contributed by atoms with Crippen molar-refractivity contribution in [3.05, 3.63) is 65.7 Å². The number of hydrogen-bond donors (Lipinski definition) is 1. The van der Waals surface area contributed by atoms with E-state index in [-0.39, 0.29) is 6.03 Å². The lowest BCUT2D eigenvalue weighted by atomic mass is 10.1. The molecule has 2 aromatic carbocycles. The van der Waals surface area contributed by atoms with Crippen molar-refractivity contribution in [1.82, 2.24) is 10.2 Å². The number of urea groups is 1. The van der Waals surface area contributed by atoms with Crippen LogP contribution in [-0.2, 0) is 17.7 Å². The summed E-state index contributed by atoms with van der Waals surface area (Å²) >= 11 is 0. The van der Waals surface area contributed by atoms with E-state index in [9.17, 15) is 4.79 Å². The first-order chi connectivity index (χ1) is 12.7. The Hall–Kier alpha value is -2.53. The highest BCUT2D eigenvalue weighted by Gasteiger charge is 2.16. The first kappa shape index (κ1) is 18.3. The van der Waals surface area contributed by atoms with Gasteiger partial charge in [-0.15, -0.1) is 0 Å². The lowest BCUT2D eigenvalue weighted by molar-refractivity contribution is 0.122. The molecule has 0 radical (unpaired) electrons. The lowest BCUT2D eigenvalue weighted by Gasteiger charge is -2.31. The molecule has 0 aromatic heterocycles. The highest BCUT2D eigenvalue weighted by atomic mass is 16.5. The normalized spacial score (nSPS) is 14.1. The Balaban J connectivity index is 1.54. The summed E-state index contributed by atoms with van der Waals surface area (Å²) in [6.45, 7) is 4.52. The van der Waals surface area contributed by atoms with Crippen LogP contribution in [0.15, 0.2) is 54.6 Å². The van der Waals surface area contributed by atoms with Crippen molar-refractivity contribution in [2.45, 2.75) is 13.0 Å². The van der Waals surface area contributed by atoms with E-state index in [0.717, 1.165) is 38.3 Å². The molecule has 1 heterocycles. The second-order valence-corrected chi connectivity index (χ2v) is 6.55. The maximum Gasteiger partial charge on any atom is 0.317 e. The van der Waals surface area contributed by atoms with Crippen LogP contribution in [0.2, 0.25) is 0 Å². The van der Waals surface area contributed by atoms with Gasteiger partial charge in [-0.05, 0) is 23.6 Å². The summed E-state index contributed by atoms with van der Waals surface area (Å²) < 4.78 is 5.44. The molecule has 0 unspecified atom stereocenters. The number of rotatable bonds is 6. The Morgan fingerprint density at radius 2 is 1.77 bits per heavy atom. The lowest BCUT2D eigenvalue weighted by Crippen LogP contribution is -2.39. The van der Waals surface area contributed by atoms with Crippen molar-refractivity contribution < 1.29 is 9.53 Å². The first-order valence-corrected chi connectivity index (χ1v) is 9.17. The summed E-state index contributed by atoms with van der Waals surface area (Å²) in [6, 6.07) is 18.5. The van der Waals surface area contributed by atoms with Crippen molar-refractivity contribution in [3.63, 3.8) is 0 Å². The predicted molar refractivity (Wildman–Crippen MR) is 104 cm³/mol. The molecule has 1 fully saturated rings. The van der Waals surface area contributed by atoms with Gasteiger partial charge >= 0.3 is 6.03 Å². The van der Waals surface area contributed by atoms with E-state index in [2.05, 4.69) is 34.5 Å². The maximum absolute atomic E-state index is 12.4. The van der Waals surface area contributed by atoms with Gasteiger partial charge in [0.2, 0.25) is 0 Å². The summed E-state index contributed by atoms with van der Waals surface area (Å²) in [6.07, 6.45) is 0.838. The molecule has 1 aliphatic rings. The number of benzene rings is 2. The van der Waals surface area contributed by atoms with Gasteiger partial charge in [0, 0.05) is 38.9 Å². The highest BCUT2D eigenvalue weighted by molar-refractivity contribution is 5.74. The van der Waals surface area contributed by atoms with Gasteiger partial charge in [-0.25, -0.2) is 4.79 Å². The Bertz CT molecular complexity index is 699. The Labute approximate surface area is 155 Å². The second-order valence-electron chi connectivity index (χ2n) is 6.55. The first-order valence-electron chi connectivity index (χ1n) is 9.17. The monoisotopic (exact) mass is 353 g/mol. The molecular weight excluding hydrogens is 326 g/mol. The Morgan fingerprint density at radius 1 is 1.08 bits per heavy atom. The van der Waals surface area contributed by atoms with Crippen LogP contribution in [0, 0.1) is 0 Å². The number of anilines is 1. The predicted octanol–water partition coefficient (Wildman–Crippen LogP) is 2.91. The molecule has 0 atom stereocenters. The fraction of sp³-hybridized carbons (Fsp3) is 0.381. The van der Waals surface area contributed by atoms with Gasteiger partial charge in [0.1, 0.15) is 0 Å². The molecule has 26 heavy (non-hydrogen) atoms. The number of nitrogens with one attached hydrogen (secondary N) is 1. The molecule has 0 saturated carbocycles. The summed E-state index contributed by atoms with van der Waals surface area (Å²) in [5.41, 5.74) is 3.59. The third-order valence-electron chi connectivity index (χ3n) is 4.63. The molecule has 1 N–H and O–H groups in total. The zero-order chi connectivity index (χ0) is 18.2. The van der Waals surface area contributed by atoms with Gasteiger partial charge in [0.05, 0.1) is 13.2 Å². The number of carbonyl (C=O) groups excluding carboxylic acids is 1. The smallest absolute Gasteiger partial charge is 0.317 e. The number of para-hydroxylation sites is 1. The number of carbonyl (C=O) groups is 1. The zero-order valence-electron chi connectivity index (χ0n) is 15.4. The molecule has 5 nitrogen and oxygen atoms in total. The van der Waals surface area contributed by atoms with E-state index in [1.54, 1.807) is 4.90 Å². The minimum absolute atomic E-state index is 0.0438. The van der Waals surface area contributed by atoms with Gasteiger partial charge in [0.25, 0.3) is 0 Å². The van der Waals surface area contributed by atoms with Gasteiger partial charge < -0.3 is 19.9 Å². The van der Waals surface area contributed by atoms with Crippen LogP contribution in [0.4, 0.5) is 10.5 Å². The van der Waals surface area contributed by atoms with E-state index < -0.39 is 0 Å². The summed E-state index contributed by atoms with van der Waals surface area (Å²) in [7, 11) is 1.84. The van der Waals surface area contributed by atoms with Crippen molar-refractivity contribution >= 4 is 11.7 Å². The number of nitrogens with zero attached hydrogens (tertiary/aromatic N) is 2. The van der Waals surface area contributed by atoms with Crippen LogP contribution in [-0.4, -0.2) is 50.8 Å². The number of hydrogen-bond acceptors (Lipinski definition) is 3. The number of amides is 2. The fourth-order valence-electron chi connectivity index (χ4n) is 3.18. The fourth-order valence-corrected chi connectivity index (χ4v) is 3.18. The standard InChI is InChI=1S/C21H27N3O2/c1-23(21(25)22-12-11-18-7-3-2-4-8-18)17-19-9-5-6-10-20(19)24-13-15-26-16-14-24/h2-10H,11-17H2,1H3,(H,22,25). The molecule has 1 saturated heterocycles. The Morgan fingerprint density at radius 3 is 2.54 bits per heavy atom. The SMILES string of the molecule is CN(Cc1ccccc1N1CCOCC1)C(=O)NCCc1ccccc1. The van der Waals surface area contributed by atoms with Crippen LogP contribution in [0.1, 0.15) is 11.1 Å². The number of morpholine rings is 1. The van der Waals surface area contributed by atoms with Crippen LogP contribution in [0.3, 0.4) is 0 Å². The minimum atomic E-state index is -0.0438. The topological polar surface area (TPSA) is 44.8 Å². The summed E-state index contributed by atoms with van der Waals surface area (Å²) in [5, 5.41) is 3.00. The molecule has 2 amide bonds. The van der Waals surface area contributed by atoms with Gasteiger partial charge in [-0.1, -0.05) is 48.5 Å². The molecule has 2 aromatic rings. The molecule has 0 bridgehead atoms. The molecule has 0 aliphatic carbocycles. The largest absolute Gasteiger partial charge is 0.378 e. The zero-order valence-corrected chi connectivity index (χ0v) is 15.4. The average Bonchev–Trinajstić information content (AvgIpc) is 2.70. The third kappa shape index (κ3) is 4.99. The van der Waals surface area contributed by atoms with Crippen molar-refractivity contribution in [2.24, 2.45) is 0 Å². The third-order valence-corrected chi connectivity index (χ3v) is 4.63. The van der Waals surface area contributed by atoms with Crippen LogP contribution in [0.5, 0.6) is 0 Å². The summed E-state index contributed by atoms with van der Waals surface area (Å²) in [5.74, 6) is 0. The van der Waals surface area contributed by atoms with E-state index in [4.69, 9.17) is 4.74 Å². The molecular formula is C21H27N3O2. The van der Waals surface area contributed by atoms with Crippen LogP contribution >= 0.6 is 0 Å². The summed E-state index contributed by atoms with van der Waals surface area (Å²) in [4.78, 5) is 16.5. The van der Waals surface area contributed by atoms with E-state index in [0.29, 0.717) is 13.1 Å². The van der Waals surface area contributed by atoms with Crippen molar-refractivity contribution in [1.29, 1.82) is 0 Å².